The monoisotopic (exact) mass is 406 g/mol. The van der Waals surface area contributed by atoms with Crippen LogP contribution in [-0.4, -0.2) is 27.1 Å². The Morgan fingerprint density at radius 1 is 1.07 bits per heavy atom. The molecule has 0 radical (unpaired) electrons. The van der Waals surface area contributed by atoms with Gasteiger partial charge >= 0.3 is 5.97 Å². The lowest BCUT2D eigenvalue weighted by Crippen LogP contribution is -2.25. The summed E-state index contributed by atoms with van der Waals surface area (Å²) in [6.45, 7) is 5.98. The minimum absolute atomic E-state index is 0.0265. The number of aromatic nitrogens is 2. The molecular weight excluding hydrogens is 380 g/mol. The van der Waals surface area contributed by atoms with Crippen molar-refractivity contribution in [2.24, 2.45) is 5.92 Å². The number of hydrogen-bond donors (Lipinski definition) is 0. The van der Waals surface area contributed by atoms with Gasteiger partial charge in [-0.1, -0.05) is 63.9 Å². The second kappa shape index (κ2) is 11.3. The van der Waals surface area contributed by atoms with Crippen LogP contribution >= 0.6 is 23.4 Å². The quantitative estimate of drug-likeness (QED) is 0.121. The molecule has 146 valence electrons. The summed E-state index contributed by atoms with van der Waals surface area (Å²) in [7, 11) is 0. The van der Waals surface area contributed by atoms with Crippen molar-refractivity contribution in [2.75, 3.05) is 5.75 Å². The van der Waals surface area contributed by atoms with Gasteiger partial charge in [-0.2, -0.15) is 0 Å². The Kier molecular flexibility index (Phi) is 9.08. The highest BCUT2D eigenvalue weighted by molar-refractivity contribution is 7.99. The van der Waals surface area contributed by atoms with Gasteiger partial charge in [-0.3, -0.25) is 4.79 Å². The SMILES string of the molecule is CCCCCCSc1ncc(-c2ccc(OC(=O)[C@@H](Cl)C(C)C)cc2)cn1. The molecule has 1 aromatic carbocycles. The van der Waals surface area contributed by atoms with E-state index in [2.05, 4.69) is 16.9 Å². The number of ether oxygens (including phenoxy) is 1. The van der Waals surface area contributed by atoms with Gasteiger partial charge in [-0.15, -0.1) is 11.6 Å². The molecule has 27 heavy (non-hydrogen) atoms. The molecule has 0 aliphatic rings. The van der Waals surface area contributed by atoms with Crippen LogP contribution in [0.2, 0.25) is 0 Å². The van der Waals surface area contributed by atoms with Crippen molar-refractivity contribution < 1.29 is 9.53 Å². The topological polar surface area (TPSA) is 52.1 Å². The summed E-state index contributed by atoms with van der Waals surface area (Å²) >= 11 is 7.72. The number of carbonyl (C=O) groups excluding carboxylic acids is 1. The summed E-state index contributed by atoms with van der Waals surface area (Å²) in [5.41, 5.74) is 1.90. The van der Waals surface area contributed by atoms with Gasteiger partial charge in [0.2, 0.25) is 0 Å². The Balaban J connectivity index is 1.90. The molecule has 4 nitrogen and oxygen atoms in total. The summed E-state index contributed by atoms with van der Waals surface area (Å²) in [5.74, 6) is 1.13. The van der Waals surface area contributed by atoms with Crippen molar-refractivity contribution in [3.8, 4) is 16.9 Å². The van der Waals surface area contributed by atoms with Crippen molar-refractivity contribution in [1.29, 1.82) is 0 Å². The highest BCUT2D eigenvalue weighted by atomic mass is 35.5. The maximum Gasteiger partial charge on any atom is 0.329 e. The fourth-order valence-electron chi connectivity index (χ4n) is 2.39. The fourth-order valence-corrected chi connectivity index (χ4v) is 3.22. The molecule has 0 aliphatic carbocycles. The first-order valence-electron chi connectivity index (χ1n) is 9.42. The Morgan fingerprint density at radius 2 is 1.74 bits per heavy atom. The second-order valence-corrected chi connectivity index (χ2v) is 8.29. The average molecular weight is 407 g/mol. The van der Waals surface area contributed by atoms with E-state index in [0.29, 0.717) is 5.75 Å². The van der Waals surface area contributed by atoms with Gasteiger partial charge in [0.05, 0.1) is 0 Å². The van der Waals surface area contributed by atoms with Crippen molar-refractivity contribution in [3.63, 3.8) is 0 Å². The van der Waals surface area contributed by atoms with Gasteiger partial charge in [0.25, 0.3) is 0 Å². The zero-order valence-corrected chi connectivity index (χ0v) is 17.7. The lowest BCUT2D eigenvalue weighted by molar-refractivity contribution is -0.134. The van der Waals surface area contributed by atoms with Crippen LogP contribution in [0.5, 0.6) is 5.75 Å². The summed E-state index contributed by atoms with van der Waals surface area (Å²) < 4.78 is 5.31. The van der Waals surface area contributed by atoms with E-state index >= 15 is 0 Å². The third kappa shape index (κ3) is 7.15. The third-order valence-corrected chi connectivity index (χ3v) is 5.72. The molecule has 0 saturated carbocycles. The second-order valence-electron chi connectivity index (χ2n) is 6.75. The van der Waals surface area contributed by atoms with E-state index in [9.17, 15) is 4.79 Å². The first-order valence-corrected chi connectivity index (χ1v) is 10.8. The molecule has 0 amide bonds. The maximum atomic E-state index is 11.9. The van der Waals surface area contributed by atoms with Crippen molar-refractivity contribution >= 4 is 29.3 Å². The number of nitrogens with zero attached hydrogens (tertiary/aromatic N) is 2. The number of halogens is 1. The molecule has 1 atom stereocenters. The molecule has 0 N–H and O–H groups in total. The molecule has 6 heteroatoms. The highest BCUT2D eigenvalue weighted by Crippen LogP contribution is 2.24. The smallest absolute Gasteiger partial charge is 0.329 e. The number of alkyl halides is 1. The van der Waals surface area contributed by atoms with E-state index in [1.165, 1.54) is 25.7 Å². The Bertz CT molecular complexity index is 705. The summed E-state index contributed by atoms with van der Waals surface area (Å²) in [6.07, 6.45) is 8.66. The normalized spacial score (nSPS) is 12.2. The molecule has 0 fully saturated rings. The largest absolute Gasteiger partial charge is 0.425 e. The van der Waals surface area contributed by atoms with E-state index in [4.69, 9.17) is 16.3 Å². The summed E-state index contributed by atoms with van der Waals surface area (Å²) in [5, 5.41) is 0.160. The van der Waals surface area contributed by atoms with Gasteiger partial charge in [-0.25, -0.2) is 9.97 Å². The number of benzene rings is 1. The fraction of sp³-hybridized carbons (Fsp3) is 0.476. The molecule has 2 aromatic rings. The van der Waals surface area contributed by atoms with Gasteiger partial charge in [-0.05, 0) is 30.0 Å². The first-order chi connectivity index (χ1) is 13.0. The third-order valence-electron chi connectivity index (χ3n) is 4.07. The zero-order chi connectivity index (χ0) is 19.6. The van der Waals surface area contributed by atoms with Crippen LogP contribution in [0, 0.1) is 5.92 Å². The molecular formula is C21H27ClN2O2S. The number of rotatable bonds is 10. The number of thioether (sulfide) groups is 1. The van der Waals surface area contributed by atoms with Crippen molar-refractivity contribution in [1.82, 2.24) is 9.97 Å². The van der Waals surface area contributed by atoms with Crippen LogP contribution in [-0.2, 0) is 4.79 Å². The van der Waals surface area contributed by atoms with Gasteiger partial charge in [0, 0.05) is 23.7 Å². The molecule has 0 spiro atoms. The highest BCUT2D eigenvalue weighted by Gasteiger charge is 2.21. The van der Waals surface area contributed by atoms with Crippen LogP contribution in [0.1, 0.15) is 46.5 Å². The predicted molar refractivity (Wildman–Crippen MR) is 112 cm³/mol. The zero-order valence-electron chi connectivity index (χ0n) is 16.2. The van der Waals surface area contributed by atoms with Gasteiger partial charge in [0.15, 0.2) is 5.16 Å². The number of unbranched alkanes of at least 4 members (excludes halogenated alkanes) is 3. The molecule has 0 aliphatic heterocycles. The van der Waals surface area contributed by atoms with E-state index < -0.39 is 11.3 Å². The van der Waals surface area contributed by atoms with Crippen molar-refractivity contribution in [3.05, 3.63) is 36.7 Å². The van der Waals surface area contributed by atoms with Crippen LogP contribution in [0.3, 0.4) is 0 Å². The number of carbonyl (C=O) groups is 1. The molecule has 1 aromatic heterocycles. The van der Waals surface area contributed by atoms with Crippen LogP contribution < -0.4 is 4.74 Å². The summed E-state index contributed by atoms with van der Waals surface area (Å²) in [4.78, 5) is 20.8. The molecule has 0 saturated heterocycles. The van der Waals surface area contributed by atoms with Crippen molar-refractivity contribution in [2.45, 2.75) is 57.0 Å². The number of esters is 1. The van der Waals surface area contributed by atoms with Crippen LogP contribution in [0.4, 0.5) is 0 Å². The lowest BCUT2D eigenvalue weighted by Gasteiger charge is -2.12. The molecule has 2 rings (SSSR count). The van der Waals surface area contributed by atoms with E-state index in [1.807, 2.05) is 38.4 Å². The predicted octanol–water partition coefficient (Wildman–Crippen LogP) is 5.98. The Hall–Kier alpha value is -1.59. The minimum Gasteiger partial charge on any atom is -0.425 e. The van der Waals surface area contributed by atoms with Crippen LogP contribution in [0.25, 0.3) is 11.1 Å². The van der Waals surface area contributed by atoms with E-state index in [1.54, 1.807) is 23.9 Å². The standard InChI is InChI=1S/C21H27ClN2O2S/c1-4-5-6-7-12-27-21-23-13-17(14-24-21)16-8-10-18(11-9-16)26-20(25)19(22)15(2)3/h8-11,13-15,19H,4-7,12H2,1-3H3/t19-/m0/s1. The van der Waals surface area contributed by atoms with Gasteiger partial charge < -0.3 is 4.74 Å². The maximum absolute atomic E-state index is 11.9. The first kappa shape index (κ1) is 21.7. The average Bonchev–Trinajstić information content (AvgIpc) is 2.68. The lowest BCUT2D eigenvalue weighted by atomic mass is 10.1. The van der Waals surface area contributed by atoms with Gasteiger partial charge in [0.1, 0.15) is 11.1 Å². The number of hydrogen-bond acceptors (Lipinski definition) is 5. The summed E-state index contributed by atoms with van der Waals surface area (Å²) in [6, 6.07) is 7.29. The van der Waals surface area contributed by atoms with Crippen LogP contribution in [0.15, 0.2) is 41.8 Å². The molecule has 0 unspecified atom stereocenters. The molecule has 1 heterocycles. The Labute approximate surface area is 171 Å². The molecule has 0 bridgehead atoms. The van der Waals surface area contributed by atoms with E-state index in [0.717, 1.165) is 22.0 Å². The minimum atomic E-state index is -0.648. The Morgan fingerprint density at radius 3 is 2.33 bits per heavy atom. The van der Waals surface area contributed by atoms with E-state index in [-0.39, 0.29) is 5.92 Å².